The fourth-order valence-corrected chi connectivity index (χ4v) is 3.14. The molecule has 0 aliphatic heterocycles. The molecule has 3 heterocycles. The molecule has 1 amide bonds. The number of pyridine rings is 3. The lowest BCUT2D eigenvalue weighted by atomic mass is 10.0. The third kappa shape index (κ3) is 3.57. The summed E-state index contributed by atoms with van der Waals surface area (Å²) in [5, 5.41) is 14.3. The second-order valence-electron chi connectivity index (χ2n) is 7.18. The van der Waals surface area contributed by atoms with E-state index in [9.17, 15) is 14.3 Å². The summed E-state index contributed by atoms with van der Waals surface area (Å²) in [4.78, 5) is 25.0. The van der Waals surface area contributed by atoms with Gasteiger partial charge in [-0.15, -0.1) is 0 Å². The number of anilines is 1. The summed E-state index contributed by atoms with van der Waals surface area (Å²) in [5.74, 6) is -0.496. The standard InChI is InChI=1S/C21H21FN4O2/c1-3-19(27)18-4-11(2)15(10-24-18)17-5-12-9-25-20(6-13(12)8-23-17)26-21(28)14-7-16(14)22/h4-6,8-10,14,16,19,27H,3,7H2,1-2H3,(H,25,26,28)/t14-,16+,19+/m0/s1. The minimum absolute atomic E-state index is 0.284. The molecule has 28 heavy (non-hydrogen) atoms. The van der Waals surface area contributed by atoms with Crippen molar-refractivity contribution in [3.63, 3.8) is 0 Å². The van der Waals surface area contributed by atoms with Crippen LogP contribution in [-0.2, 0) is 4.79 Å². The van der Waals surface area contributed by atoms with Crippen LogP contribution in [0.15, 0.2) is 36.8 Å². The predicted octanol–water partition coefficient (Wildman–Crippen LogP) is 3.74. The van der Waals surface area contributed by atoms with E-state index in [4.69, 9.17) is 0 Å². The van der Waals surface area contributed by atoms with Crippen molar-refractivity contribution < 1.29 is 14.3 Å². The highest BCUT2D eigenvalue weighted by Gasteiger charge is 2.43. The van der Waals surface area contributed by atoms with Crippen LogP contribution in [0, 0.1) is 12.8 Å². The Labute approximate surface area is 161 Å². The van der Waals surface area contributed by atoms with Crippen molar-refractivity contribution in [3.8, 4) is 11.3 Å². The first kappa shape index (κ1) is 18.4. The molecule has 7 heteroatoms. The maximum atomic E-state index is 13.0. The summed E-state index contributed by atoms with van der Waals surface area (Å²) in [6.45, 7) is 3.87. The number of nitrogens with one attached hydrogen (secondary N) is 1. The number of carbonyl (C=O) groups is 1. The van der Waals surface area contributed by atoms with Crippen LogP contribution in [0.3, 0.4) is 0 Å². The Morgan fingerprint density at radius 3 is 2.61 bits per heavy atom. The molecule has 1 fully saturated rings. The lowest BCUT2D eigenvalue weighted by molar-refractivity contribution is -0.117. The molecule has 0 bridgehead atoms. The Hall–Kier alpha value is -2.93. The highest BCUT2D eigenvalue weighted by atomic mass is 19.1. The van der Waals surface area contributed by atoms with Gasteiger partial charge in [0.2, 0.25) is 5.91 Å². The molecule has 0 aromatic carbocycles. The molecule has 0 radical (unpaired) electrons. The highest BCUT2D eigenvalue weighted by molar-refractivity contribution is 5.96. The van der Waals surface area contributed by atoms with Crippen LogP contribution >= 0.6 is 0 Å². The number of hydrogen-bond acceptors (Lipinski definition) is 5. The van der Waals surface area contributed by atoms with Crippen LogP contribution in [0.5, 0.6) is 0 Å². The van der Waals surface area contributed by atoms with Crippen molar-refractivity contribution in [2.75, 3.05) is 5.32 Å². The molecular weight excluding hydrogens is 359 g/mol. The number of aromatic nitrogens is 3. The zero-order valence-corrected chi connectivity index (χ0v) is 15.7. The summed E-state index contributed by atoms with van der Waals surface area (Å²) < 4.78 is 13.0. The van der Waals surface area contributed by atoms with Crippen molar-refractivity contribution in [1.29, 1.82) is 0 Å². The van der Waals surface area contributed by atoms with Gasteiger partial charge in [0, 0.05) is 34.9 Å². The maximum Gasteiger partial charge on any atom is 0.231 e. The van der Waals surface area contributed by atoms with Gasteiger partial charge in [-0.2, -0.15) is 0 Å². The van der Waals surface area contributed by atoms with E-state index in [2.05, 4.69) is 20.3 Å². The fourth-order valence-electron chi connectivity index (χ4n) is 3.14. The van der Waals surface area contributed by atoms with E-state index in [1.54, 1.807) is 24.7 Å². The smallest absolute Gasteiger partial charge is 0.231 e. The summed E-state index contributed by atoms with van der Waals surface area (Å²) in [6, 6.07) is 5.51. The first-order valence-electron chi connectivity index (χ1n) is 9.32. The number of carbonyl (C=O) groups excluding carboxylic acids is 1. The molecule has 2 N–H and O–H groups in total. The van der Waals surface area contributed by atoms with E-state index >= 15 is 0 Å². The van der Waals surface area contributed by atoms with Gasteiger partial charge in [0.25, 0.3) is 0 Å². The topological polar surface area (TPSA) is 88.0 Å². The number of aliphatic hydroxyl groups is 1. The molecule has 4 rings (SSSR count). The largest absolute Gasteiger partial charge is 0.387 e. The van der Waals surface area contributed by atoms with Crippen molar-refractivity contribution in [2.24, 2.45) is 5.92 Å². The zero-order valence-electron chi connectivity index (χ0n) is 15.7. The van der Waals surface area contributed by atoms with Crippen LogP contribution in [0.1, 0.15) is 37.1 Å². The second kappa shape index (κ2) is 7.24. The monoisotopic (exact) mass is 380 g/mol. The quantitative estimate of drug-likeness (QED) is 0.704. The van der Waals surface area contributed by atoms with Gasteiger partial charge in [-0.05, 0) is 43.5 Å². The molecule has 3 aromatic heterocycles. The van der Waals surface area contributed by atoms with E-state index in [-0.39, 0.29) is 12.3 Å². The van der Waals surface area contributed by atoms with E-state index in [0.29, 0.717) is 17.9 Å². The first-order valence-corrected chi connectivity index (χ1v) is 9.32. The SMILES string of the molecule is CC[C@@H](O)c1cc(C)c(-c2cc3cnc(NC(=O)[C@H]4C[C@H]4F)cc3cn2)cn1. The predicted molar refractivity (Wildman–Crippen MR) is 104 cm³/mol. The number of aliphatic hydroxyl groups excluding tert-OH is 1. The van der Waals surface area contributed by atoms with Crippen molar-refractivity contribution >= 4 is 22.5 Å². The van der Waals surface area contributed by atoms with E-state index in [0.717, 1.165) is 27.6 Å². The van der Waals surface area contributed by atoms with Crippen LogP contribution in [0.2, 0.25) is 0 Å². The number of hydrogen-bond donors (Lipinski definition) is 2. The lowest BCUT2D eigenvalue weighted by Gasteiger charge is -2.11. The number of halogens is 1. The molecule has 1 saturated carbocycles. The zero-order chi connectivity index (χ0) is 19.8. The maximum absolute atomic E-state index is 13.0. The molecule has 0 unspecified atom stereocenters. The lowest BCUT2D eigenvalue weighted by Crippen LogP contribution is -2.15. The van der Waals surface area contributed by atoms with E-state index in [1.165, 1.54) is 0 Å². The van der Waals surface area contributed by atoms with E-state index < -0.39 is 18.2 Å². The minimum atomic E-state index is -1.04. The Bertz CT molecular complexity index is 1060. The van der Waals surface area contributed by atoms with Gasteiger partial charge in [0.05, 0.1) is 23.4 Å². The summed E-state index contributed by atoms with van der Waals surface area (Å²) in [6.07, 6.45) is 4.38. The number of amides is 1. The van der Waals surface area contributed by atoms with Gasteiger partial charge >= 0.3 is 0 Å². The number of alkyl halides is 1. The molecule has 0 saturated heterocycles. The first-order chi connectivity index (χ1) is 13.5. The second-order valence-corrected chi connectivity index (χ2v) is 7.18. The van der Waals surface area contributed by atoms with Gasteiger partial charge in [-0.25, -0.2) is 9.37 Å². The fraction of sp³-hybridized carbons (Fsp3) is 0.333. The molecular formula is C21H21FN4O2. The van der Waals surface area contributed by atoms with E-state index in [1.807, 2.05) is 26.0 Å². The minimum Gasteiger partial charge on any atom is -0.387 e. The van der Waals surface area contributed by atoms with Crippen LogP contribution < -0.4 is 5.32 Å². The number of nitrogens with zero attached hydrogens (tertiary/aromatic N) is 3. The van der Waals surface area contributed by atoms with Gasteiger partial charge in [0.15, 0.2) is 0 Å². The molecule has 0 spiro atoms. The highest BCUT2D eigenvalue weighted by Crippen LogP contribution is 2.34. The third-order valence-electron chi connectivity index (χ3n) is 5.04. The van der Waals surface area contributed by atoms with Gasteiger partial charge in [-0.1, -0.05) is 6.92 Å². The van der Waals surface area contributed by atoms with Crippen LogP contribution in [-0.4, -0.2) is 32.1 Å². The van der Waals surface area contributed by atoms with Crippen molar-refractivity contribution in [3.05, 3.63) is 48.0 Å². The van der Waals surface area contributed by atoms with Gasteiger partial charge in [0.1, 0.15) is 12.0 Å². The summed E-state index contributed by atoms with van der Waals surface area (Å²) in [5.41, 5.74) is 3.27. The van der Waals surface area contributed by atoms with Gasteiger partial charge in [-0.3, -0.25) is 14.8 Å². The summed E-state index contributed by atoms with van der Waals surface area (Å²) in [7, 11) is 0. The molecule has 6 nitrogen and oxygen atoms in total. The summed E-state index contributed by atoms with van der Waals surface area (Å²) >= 11 is 0. The van der Waals surface area contributed by atoms with Crippen molar-refractivity contribution in [1.82, 2.24) is 15.0 Å². The normalized spacial score (nSPS) is 19.4. The molecule has 3 atom stereocenters. The molecule has 1 aliphatic carbocycles. The molecule has 3 aromatic rings. The molecule has 144 valence electrons. The molecule has 1 aliphatic rings. The average molecular weight is 380 g/mol. The Morgan fingerprint density at radius 2 is 1.93 bits per heavy atom. The third-order valence-corrected chi connectivity index (χ3v) is 5.04. The number of rotatable bonds is 5. The Morgan fingerprint density at radius 1 is 1.21 bits per heavy atom. The Balaban J connectivity index is 1.60. The van der Waals surface area contributed by atoms with Gasteiger partial charge < -0.3 is 10.4 Å². The number of fused-ring (bicyclic) bond motifs is 1. The number of aryl methyl sites for hydroxylation is 1. The van der Waals surface area contributed by atoms with Crippen molar-refractivity contribution in [2.45, 2.75) is 39.0 Å². The van der Waals surface area contributed by atoms with Crippen LogP contribution in [0.4, 0.5) is 10.2 Å². The Kier molecular flexibility index (Phi) is 4.77. The average Bonchev–Trinajstić information content (AvgIpc) is 3.43. The van der Waals surface area contributed by atoms with Crippen LogP contribution in [0.25, 0.3) is 22.0 Å².